The molecule has 2 N–H and O–H groups in total. The first-order valence-electron chi connectivity index (χ1n) is 13.3. The number of amides is 3. The molecule has 2 unspecified atom stereocenters. The SMILES string of the molecule is C=CCN(C(=O)C(CC(C)C)NC(=O)OC(C)(C)C)C(C(=O)NCCC(=O)OCC)c1ccc(CC)cc1. The number of rotatable bonds is 14. The average Bonchev–Trinajstić information content (AvgIpc) is 2.82. The van der Waals surface area contributed by atoms with E-state index in [0.29, 0.717) is 12.0 Å². The Morgan fingerprint density at radius 1 is 1.08 bits per heavy atom. The second-order valence-corrected chi connectivity index (χ2v) is 10.5. The lowest BCUT2D eigenvalue weighted by atomic mass is 9.98. The van der Waals surface area contributed by atoms with Crippen molar-refractivity contribution >= 4 is 23.9 Å². The van der Waals surface area contributed by atoms with Crippen LogP contribution < -0.4 is 10.6 Å². The molecule has 0 heterocycles. The van der Waals surface area contributed by atoms with Crippen molar-refractivity contribution in [3.8, 4) is 0 Å². The summed E-state index contributed by atoms with van der Waals surface area (Å²) in [5.74, 6) is -1.23. The zero-order chi connectivity index (χ0) is 28.9. The van der Waals surface area contributed by atoms with Crippen LogP contribution in [-0.4, -0.2) is 60.1 Å². The van der Waals surface area contributed by atoms with Gasteiger partial charge in [0.15, 0.2) is 0 Å². The van der Waals surface area contributed by atoms with Gasteiger partial charge in [-0.05, 0) is 57.6 Å². The third-order valence-corrected chi connectivity index (χ3v) is 5.50. The minimum atomic E-state index is -1.01. The van der Waals surface area contributed by atoms with Gasteiger partial charge in [-0.1, -0.05) is 51.1 Å². The largest absolute Gasteiger partial charge is 0.466 e. The molecular weight excluding hydrogens is 486 g/mol. The van der Waals surface area contributed by atoms with Crippen LogP contribution in [0.4, 0.5) is 4.79 Å². The van der Waals surface area contributed by atoms with Crippen LogP contribution in [0, 0.1) is 5.92 Å². The summed E-state index contributed by atoms with van der Waals surface area (Å²) >= 11 is 0. The normalized spacial score (nSPS) is 12.7. The van der Waals surface area contributed by atoms with Crippen molar-refractivity contribution in [2.45, 2.75) is 85.4 Å². The Balaban J connectivity index is 3.37. The second kappa shape index (κ2) is 15.8. The molecule has 1 aromatic rings. The number of aryl methyl sites for hydroxylation is 1. The molecule has 0 saturated heterocycles. The molecule has 3 amide bonds. The molecule has 9 heteroatoms. The maximum Gasteiger partial charge on any atom is 0.408 e. The van der Waals surface area contributed by atoms with Crippen molar-refractivity contribution < 1.29 is 28.7 Å². The number of carbonyl (C=O) groups is 4. The van der Waals surface area contributed by atoms with Gasteiger partial charge in [0.05, 0.1) is 13.0 Å². The van der Waals surface area contributed by atoms with Gasteiger partial charge >= 0.3 is 12.1 Å². The summed E-state index contributed by atoms with van der Waals surface area (Å²) in [7, 11) is 0. The molecule has 0 aromatic heterocycles. The van der Waals surface area contributed by atoms with Crippen molar-refractivity contribution in [2.75, 3.05) is 19.7 Å². The van der Waals surface area contributed by atoms with E-state index in [-0.39, 0.29) is 32.0 Å². The number of esters is 1. The smallest absolute Gasteiger partial charge is 0.408 e. The van der Waals surface area contributed by atoms with Gasteiger partial charge in [0.2, 0.25) is 11.8 Å². The number of hydrogen-bond acceptors (Lipinski definition) is 6. The summed E-state index contributed by atoms with van der Waals surface area (Å²) in [5.41, 5.74) is 0.950. The lowest BCUT2D eigenvalue weighted by Gasteiger charge is -2.34. The highest BCUT2D eigenvalue weighted by Crippen LogP contribution is 2.24. The zero-order valence-corrected chi connectivity index (χ0v) is 24.0. The Bertz CT molecular complexity index is 937. The van der Waals surface area contributed by atoms with Crippen molar-refractivity contribution in [3.05, 3.63) is 48.0 Å². The first kappa shape index (κ1) is 32.7. The third kappa shape index (κ3) is 11.4. The number of nitrogens with zero attached hydrogens (tertiary/aromatic N) is 1. The number of hydrogen-bond donors (Lipinski definition) is 2. The number of ether oxygens (including phenoxy) is 2. The van der Waals surface area contributed by atoms with E-state index in [0.717, 1.165) is 12.0 Å². The Kier molecular flexibility index (Phi) is 13.6. The minimum absolute atomic E-state index is 0.00660. The van der Waals surface area contributed by atoms with E-state index in [1.54, 1.807) is 27.7 Å². The maximum absolute atomic E-state index is 13.9. The minimum Gasteiger partial charge on any atom is -0.466 e. The fourth-order valence-corrected chi connectivity index (χ4v) is 3.83. The highest BCUT2D eigenvalue weighted by atomic mass is 16.6. The van der Waals surface area contributed by atoms with Gasteiger partial charge in [0.25, 0.3) is 0 Å². The summed E-state index contributed by atoms with van der Waals surface area (Å²) in [6.07, 6.45) is 2.00. The molecule has 0 bridgehead atoms. The summed E-state index contributed by atoms with van der Waals surface area (Å²) in [4.78, 5) is 53.2. The molecule has 9 nitrogen and oxygen atoms in total. The van der Waals surface area contributed by atoms with Crippen molar-refractivity contribution in [2.24, 2.45) is 5.92 Å². The van der Waals surface area contributed by atoms with Gasteiger partial charge in [0.1, 0.15) is 17.7 Å². The maximum atomic E-state index is 13.9. The summed E-state index contributed by atoms with van der Waals surface area (Å²) in [6, 6.07) is 5.52. The monoisotopic (exact) mass is 531 g/mol. The van der Waals surface area contributed by atoms with E-state index in [1.165, 1.54) is 11.0 Å². The van der Waals surface area contributed by atoms with Crippen molar-refractivity contribution in [1.29, 1.82) is 0 Å². The summed E-state index contributed by atoms with van der Waals surface area (Å²) in [5, 5.41) is 5.46. The standard InChI is InChI=1S/C29H45N3O6/c1-9-18-32(27(35)23(19-20(4)5)31-28(36)38-29(6,7)8)25(22-14-12-21(10-2)13-15-22)26(34)30-17-16-24(33)37-11-3/h9,12-15,20,23,25H,1,10-11,16-19H2,2-8H3,(H,30,34)(H,31,36). The number of benzene rings is 1. The van der Waals surface area contributed by atoms with Crippen LogP contribution in [0.1, 0.15) is 78.5 Å². The van der Waals surface area contributed by atoms with Gasteiger partial charge in [-0.3, -0.25) is 14.4 Å². The van der Waals surface area contributed by atoms with E-state index in [1.807, 2.05) is 45.0 Å². The van der Waals surface area contributed by atoms with Gasteiger partial charge in [-0.2, -0.15) is 0 Å². The highest BCUT2D eigenvalue weighted by molar-refractivity contribution is 5.92. The summed E-state index contributed by atoms with van der Waals surface area (Å²) in [6.45, 7) is 17.0. The van der Waals surface area contributed by atoms with Crippen LogP contribution in [0.15, 0.2) is 36.9 Å². The first-order chi connectivity index (χ1) is 17.8. The Hall–Kier alpha value is -3.36. The highest BCUT2D eigenvalue weighted by Gasteiger charge is 2.36. The molecule has 0 fully saturated rings. The van der Waals surface area contributed by atoms with Crippen molar-refractivity contribution in [3.63, 3.8) is 0 Å². The van der Waals surface area contributed by atoms with E-state index in [4.69, 9.17) is 9.47 Å². The molecule has 0 radical (unpaired) electrons. The lowest BCUT2D eigenvalue weighted by molar-refractivity contribution is -0.144. The molecule has 1 rings (SSSR count). The predicted octanol–water partition coefficient (Wildman–Crippen LogP) is 4.31. The van der Waals surface area contributed by atoms with E-state index in [9.17, 15) is 19.2 Å². The third-order valence-electron chi connectivity index (χ3n) is 5.50. The summed E-state index contributed by atoms with van der Waals surface area (Å²) < 4.78 is 10.3. The Morgan fingerprint density at radius 2 is 1.71 bits per heavy atom. The number of carbonyl (C=O) groups excluding carboxylic acids is 4. The molecule has 1 aromatic carbocycles. The van der Waals surface area contributed by atoms with Crippen molar-refractivity contribution in [1.82, 2.24) is 15.5 Å². The molecule has 0 saturated carbocycles. The molecule has 38 heavy (non-hydrogen) atoms. The van der Waals surface area contributed by atoms with Crippen LogP contribution in [0.2, 0.25) is 0 Å². The van der Waals surface area contributed by atoms with Crippen LogP contribution in [-0.2, 0) is 30.3 Å². The van der Waals surface area contributed by atoms with Gasteiger partial charge in [-0.15, -0.1) is 6.58 Å². The van der Waals surface area contributed by atoms with Crippen LogP contribution in [0.25, 0.3) is 0 Å². The van der Waals surface area contributed by atoms with Crippen LogP contribution in [0.3, 0.4) is 0 Å². The predicted molar refractivity (Wildman–Crippen MR) is 147 cm³/mol. The van der Waals surface area contributed by atoms with Gasteiger partial charge in [0, 0.05) is 13.1 Å². The average molecular weight is 532 g/mol. The lowest BCUT2D eigenvalue weighted by Crippen LogP contribution is -2.53. The number of alkyl carbamates (subject to hydrolysis) is 1. The Morgan fingerprint density at radius 3 is 2.21 bits per heavy atom. The Labute approximate surface area is 227 Å². The van der Waals surface area contributed by atoms with E-state index in [2.05, 4.69) is 17.2 Å². The van der Waals surface area contributed by atoms with E-state index < -0.39 is 41.6 Å². The molecule has 0 aliphatic carbocycles. The van der Waals surface area contributed by atoms with E-state index >= 15 is 0 Å². The first-order valence-corrected chi connectivity index (χ1v) is 13.3. The molecular formula is C29H45N3O6. The van der Waals surface area contributed by atoms with Crippen LogP contribution >= 0.6 is 0 Å². The number of nitrogens with one attached hydrogen (secondary N) is 2. The molecule has 0 spiro atoms. The van der Waals surface area contributed by atoms with Gasteiger partial charge < -0.3 is 25.0 Å². The quantitative estimate of drug-likeness (QED) is 0.273. The zero-order valence-electron chi connectivity index (χ0n) is 24.0. The van der Waals surface area contributed by atoms with Gasteiger partial charge in [-0.25, -0.2) is 4.79 Å². The fraction of sp³-hybridized carbons (Fsp3) is 0.586. The second-order valence-electron chi connectivity index (χ2n) is 10.5. The molecule has 212 valence electrons. The fourth-order valence-electron chi connectivity index (χ4n) is 3.83. The van der Waals surface area contributed by atoms with Crippen LogP contribution in [0.5, 0.6) is 0 Å². The topological polar surface area (TPSA) is 114 Å². The molecule has 0 aliphatic heterocycles. The molecule has 2 atom stereocenters. The molecule has 0 aliphatic rings.